The van der Waals surface area contributed by atoms with Crippen molar-refractivity contribution in [3.8, 4) is 11.5 Å². The Labute approximate surface area is 98.4 Å². The third-order valence-electron chi connectivity index (χ3n) is 3.15. The highest BCUT2D eigenvalue weighted by atomic mass is 19.1. The van der Waals surface area contributed by atoms with Crippen molar-refractivity contribution in [3.05, 3.63) is 23.3 Å². The summed E-state index contributed by atoms with van der Waals surface area (Å²) in [4.78, 5) is 0. The summed E-state index contributed by atoms with van der Waals surface area (Å²) in [7, 11) is 1.29. The summed E-state index contributed by atoms with van der Waals surface area (Å²) in [6.07, 6.45) is 1.31. The molecule has 0 aromatic heterocycles. The second-order valence-corrected chi connectivity index (χ2v) is 4.16. The van der Waals surface area contributed by atoms with E-state index in [0.717, 1.165) is 19.2 Å². The molecule has 1 aromatic carbocycles. The van der Waals surface area contributed by atoms with Crippen molar-refractivity contribution < 1.29 is 18.6 Å². The molecule has 0 saturated carbocycles. The van der Waals surface area contributed by atoms with Gasteiger partial charge in [0.1, 0.15) is 0 Å². The van der Waals surface area contributed by atoms with Crippen LogP contribution in [0.1, 0.15) is 24.3 Å². The van der Waals surface area contributed by atoms with Gasteiger partial charge in [0, 0.05) is 11.6 Å². The average Bonchev–Trinajstić information content (AvgIpc) is 2.35. The van der Waals surface area contributed by atoms with Gasteiger partial charge in [0.2, 0.25) is 0 Å². The van der Waals surface area contributed by atoms with Crippen LogP contribution in [0.4, 0.5) is 8.78 Å². The van der Waals surface area contributed by atoms with E-state index >= 15 is 0 Å². The average molecular weight is 243 g/mol. The van der Waals surface area contributed by atoms with E-state index in [-0.39, 0.29) is 17.2 Å². The van der Waals surface area contributed by atoms with Gasteiger partial charge >= 0.3 is 0 Å². The highest BCUT2D eigenvalue weighted by molar-refractivity contribution is 5.42. The Morgan fingerprint density at radius 3 is 2.53 bits per heavy atom. The number of piperidine rings is 1. The molecule has 1 aromatic rings. The lowest BCUT2D eigenvalue weighted by atomic mass is 9.89. The summed E-state index contributed by atoms with van der Waals surface area (Å²) in [6, 6.07) is 0.968. The molecule has 0 atom stereocenters. The number of ether oxygens (including phenoxy) is 1. The van der Waals surface area contributed by atoms with Gasteiger partial charge < -0.3 is 15.2 Å². The first-order valence-electron chi connectivity index (χ1n) is 5.60. The predicted octanol–water partition coefficient (Wildman–Crippen LogP) is 2.15. The third-order valence-corrected chi connectivity index (χ3v) is 3.15. The minimum atomic E-state index is -0.866. The molecule has 0 bridgehead atoms. The van der Waals surface area contributed by atoms with Gasteiger partial charge in [-0.3, -0.25) is 0 Å². The molecule has 5 heteroatoms. The fraction of sp³-hybridized carbons (Fsp3) is 0.500. The maximum Gasteiger partial charge on any atom is 0.171 e. The number of hydrogen-bond acceptors (Lipinski definition) is 3. The van der Waals surface area contributed by atoms with E-state index in [4.69, 9.17) is 4.74 Å². The summed E-state index contributed by atoms with van der Waals surface area (Å²) in [5, 5.41) is 12.6. The second kappa shape index (κ2) is 4.87. The van der Waals surface area contributed by atoms with E-state index in [1.807, 2.05) is 0 Å². The first-order valence-corrected chi connectivity index (χ1v) is 5.60. The first-order chi connectivity index (χ1) is 8.15. The predicted molar refractivity (Wildman–Crippen MR) is 59.4 cm³/mol. The molecule has 17 heavy (non-hydrogen) atoms. The fourth-order valence-electron chi connectivity index (χ4n) is 2.24. The standard InChI is InChI=1S/C12H15F2NO2/c1-17-9-6-8(16)11(13)10(12(9)14)7-2-4-15-5-3-7/h6-7,15-16H,2-5H2,1H3. The maximum absolute atomic E-state index is 14.0. The number of methoxy groups -OCH3 is 1. The molecule has 2 N–H and O–H groups in total. The van der Waals surface area contributed by atoms with Gasteiger partial charge in [0.25, 0.3) is 0 Å². The van der Waals surface area contributed by atoms with Gasteiger partial charge in [-0.25, -0.2) is 8.78 Å². The van der Waals surface area contributed by atoms with Gasteiger partial charge in [0.05, 0.1) is 7.11 Å². The van der Waals surface area contributed by atoms with Gasteiger partial charge in [-0.15, -0.1) is 0 Å². The van der Waals surface area contributed by atoms with E-state index in [2.05, 4.69) is 5.32 Å². The Morgan fingerprint density at radius 1 is 1.29 bits per heavy atom. The Hall–Kier alpha value is -1.36. The highest BCUT2D eigenvalue weighted by Crippen LogP contribution is 2.37. The van der Waals surface area contributed by atoms with Crippen molar-refractivity contribution in [3.63, 3.8) is 0 Å². The van der Waals surface area contributed by atoms with Gasteiger partial charge in [-0.1, -0.05) is 0 Å². The fourth-order valence-corrected chi connectivity index (χ4v) is 2.24. The number of rotatable bonds is 2. The van der Waals surface area contributed by atoms with E-state index < -0.39 is 17.4 Å². The van der Waals surface area contributed by atoms with Crippen LogP contribution in [0, 0.1) is 11.6 Å². The Morgan fingerprint density at radius 2 is 1.94 bits per heavy atom. The summed E-state index contributed by atoms with van der Waals surface area (Å²) in [6.45, 7) is 1.45. The molecule has 94 valence electrons. The molecule has 1 aliphatic rings. The summed E-state index contributed by atoms with van der Waals surface area (Å²) >= 11 is 0. The van der Waals surface area contributed by atoms with Crippen LogP contribution in [-0.2, 0) is 0 Å². The van der Waals surface area contributed by atoms with Gasteiger partial charge in [-0.05, 0) is 31.8 Å². The normalized spacial score (nSPS) is 17.1. The zero-order chi connectivity index (χ0) is 12.4. The van der Waals surface area contributed by atoms with Crippen molar-refractivity contribution in [1.82, 2.24) is 5.32 Å². The molecular weight excluding hydrogens is 228 g/mol. The SMILES string of the molecule is COc1cc(O)c(F)c(C2CCNCC2)c1F. The summed E-state index contributed by atoms with van der Waals surface area (Å²) in [5.74, 6) is -2.45. The second-order valence-electron chi connectivity index (χ2n) is 4.16. The van der Waals surface area contributed by atoms with E-state index in [1.165, 1.54) is 7.11 Å². The molecule has 3 nitrogen and oxygen atoms in total. The minimum Gasteiger partial charge on any atom is -0.505 e. The summed E-state index contributed by atoms with van der Waals surface area (Å²) < 4.78 is 32.6. The van der Waals surface area contributed by atoms with E-state index in [0.29, 0.717) is 12.8 Å². The van der Waals surface area contributed by atoms with Crippen LogP contribution < -0.4 is 10.1 Å². The maximum atomic E-state index is 14.0. The summed E-state index contributed by atoms with van der Waals surface area (Å²) in [5.41, 5.74) is -0.0525. The lowest BCUT2D eigenvalue weighted by Gasteiger charge is -2.24. The number of hydrogen-bond donors (Lipinski definition) is 2. The van der Waals surface area contributed by atoms with E-state index in [9.17, 15) is 13.9 Å². The van der Waals surface area contributed by atoms with Crippen molar-refractivity contribution in [2.75, 3.05) is 20.2 Å². The number of benzene rings is 1. The van der Waals surface area contributed by atoms with Crippen molar-refractivity contribution in [1.29, 1.82) is 0 Å². The number of phenols is 1. The monoisotopic (exact) mass is 243 g/mol. The Balaban J connectivity index is 2.46. The molecule has 0 amide bonds. The molecule has 0 unspecified atom stereocenters. The van der Waals surface area contributed by atoms with Crippen LogP contribution in [0.2, 0.25) is 0 Å². The first kappa shape index (κ1) is 12.1. The number of aromatic hydroxyl groups is 1. The topological polar surface area (TPSA) is 41.5 Å². The quantitative estimate of drug-likeness (QED) is 0.836. The number of phenolic OH excluding ortho intramolecular Hbond substituents is 1. The molecule has 1 saturated heterocycles. The van der Waals surface area contributed by atoms with Crippen molar-refractivity contribution >= 4 is 0 Å². The highest BCUT2D eigenvalue weighted by Gasteiger charge is 2.27. The van der Waals surface area contributed by atoms with E-state index in [1.54, 1.807) is 0 Å². The smallest absolute Gasteiger partial charge is 0.171 e. The lowest BCUT2D eigenvalue weighted by molar-refractivity contribution is 0.352. The van der Waals surface area contributed by atoms with Crippen LogP contribution in [0.25, 0.3) is 0 Å². The van der Waals surface area contributed by atoms with Crippen LogP contribution in [0.5, 0.6) is 11.5 Å². The molecule has 1 aliphatic heterocycles. The zero-order valence-electron chi connectivity index (χ0n) is 9.59. The van der Waals surface area contributed by atoms with Crippen LogP contribution in [0.15, 0.2) is 6.07 Å². The molecular formula is C12H15F2NO2. The molecule has 2 rings (SSSR count). The van der Waals surface area contributed by atoms with Gasteiger partial charge in [-0.2, -0.15) is 0 Å². The van der Waals surface area contributed by atoms with Crippen molar-refractivity contribution in [2.24, 2.45) is 0 Å². The molecule has 0 radical (unpaired) electrons. The Kier molecular flexibility index (Phi) is 3.47. The van der Waals surface area contributed by atoms with Crippen LogP contribution in [0.3, 0.4) is 0 Å². The van der Waals surface area contributed by atoms with Gasteiger partial charge in [0.15, 0.2) is 23.1 Å². The molecule has 1 fully saturated rings. The lowest BCUT2D eigenvalue weighted by Crippen LogP contribution is -2.27. The minimum absolute atomic E-state index is 0.0525. The van der Waals surface area contributed by atoms with Crippen LogP contribution >= 0.6 is 0 Å². The van der Waals surface area contributed by atoms with Crippen LogP contribution in [-0.4, -0.2) is 25.3 Å². The number of nitrogens with one attached hydrogen (secondary N) is 1. The molecule has 0 spiro atoms. The third kappa shape index (κ3) is 2.20. The molecule has 0 aliphatic carbocycles. The zero-order valence-corrected chi connectivity index (χ0v) is 9.59. The Bertz CT molecular complexity index is 417. The number of halogens is 2. The largest absolute Gasteiger partial charge is 0.505 e. The van der Waals surface area contributed by atoms with Crippen molar-refractivity contribution in [2.45, 2.75) is 18.8 Å². The molecule has 1 heterocycles.